The molecule has 130 valence electrons. The third-order valence-electron chi connectivity index (χ3n) is 3.80. The van der Waals surface area contributed by atoms with E-state index in [1.165, 1.54) is 12.1 Å². The predicted molar refractivity (Wildman–Crippen MR) is 100 cm³/mol. The molecule has 0 spiro atoms. The number of thiocarbonyl (C=S) groups is 1. The highest BCUT2D eigenvalue weighted by molar-refractivity contribution is 7.80. The zero-order valence-electron chi connectivity index (χ0n) is 14.0. The Bertz CT molecular complexity index is 868. The van der Waals surface area contributed by atoms with Gasteiger partial charge in [0.2, 0.25) is 0 Å². The number of rotatable bonds is 5. The van der Waals surface area contributed by atoms with Crippen LogP contribution < -0.4 is 10.6 Å². The van der Waals surface area contributed by atoms with E-state index < -0.39 is 0 Å². The van der Waals surface area contributed by atoms with E-state index in [0.29, 0.717) is 11.7 Å². The topological polar surface area (TPSA) is 59.7 Å². The first-order valence-electron chi connectivity index (χ1n) is 7.92. The van der Waals surface area contributed by atoms with Crippen LogP contribution in [0.2, 0.25) is 0 Å². The molecule has 2 N–H and O–H groups in total. The average molecular weight is 358 g/mol. The second-order valence-electron chi connectivity index (χ2n) is 5.59. The van der Waals surface area contributed by atoms with Crippen molar-refractivity contribution in [1.29, 1.82) is 0 Å². The van der Waals surface area contributed by atoms with Gasteiger partial charge in [-0.1, -0.05) is 12.1 Å². The second-order valence-corrected chi connectivity index (χ2v) is 6.00. The van der Waals surface area contributed by atoms with E-state index in [0.717, 1.165) is 29.2 Å². The fourth-order valence-corrected chi connectivity index (χ4v) is 2.69. The summed E-state index contributed by atoms with van der Waals surface area (Å²) in [6.45, 7) is 5.40. The van der Waals surface area contributed by atoms with Crippen LogP contribution in [0.5, 0.6) is 0 Å². The van der Waals surface area contributed by atoms with E-state index in [2.05, 4.69) is 20.8 Å². The van der Waals surface area contributed by atoms with Crippen molar-refractivity contribution in [2.75, 3.05) is 10.6 Å². The van der Waals surface area contributed by atoms with Crippen molar-refractivity contribution in [1.82, 2.24) is 19.6 Å². The molecule has 25 heavy (non-hydrogen) atoms. The molecule has 0 radical (unpaired) electrons. The lowest BCUT2D eigenvalue weighted by atomic mass is 10.2. The van der Waals surface area contributed by atoms with Gasteiger partial charge in [0.25, 0.3) is 0 Å². The van der Waals surface area contributed by atoms with Crippen LogP contribution in [0.25, 0.3) is 0 Å². The van der Waals surface area contributed by atoms with Crippen molar-refractivity contribution in [3.8, 4) is 0 Å². The minimum absolute atomic E-state index is 0.246. The van der Waals surface area contributed by atoms with Crippen LogP contribution >= 0.6 is 12.2 Å². The van der Waals surface area contributed by atoms with E-state index in [-0.39, 0.29) is 5.82 Å². The molecule has 0 fully saturated rings. The van der Waals surface area contributed by atoms with Crippen LogP contribution in [-0.2, 0) is 13.1 Å². The lowest BCUT2D eigenvalue weighted by Gasteiger charge is -2.08. The first-order valence-corrected chi connectivity index (χ1v) is 8.33. The summed E-state index contributed by atoms with van der Waals surface area (Å²) in [5.74, 6) is -0.246. The Hall–Kier alpha value is -2.74. The first-order chi connectivity index (χ1) is 12.0. The van der Waals surface area contributed by atoms with Crippen LogP contribution in [0, 0.1) is 12.7 Å². The van der Waals surface area contributed by atoms with E-state index in [9.17, 15) is 4.39 Å². The molecule has 0 bridgehead atoms. The maximum Gasteiger partial charge on any atom is 0.175 e. The quantitative estimate of drug-likeness (QED) is 0.685. The van der Waals surface area contributed by atoms with Gasteiger partial charge in [0.05, 0.1) is 36.0 Å². The minimum atomic E-state index is -0.246. The zero-order chi connectivity index (χ0) is 17.8. The molecular formula is C17H19FN6S. The van der Waals surface area contributed by atoms with Gasteiger partial charge in [-0.25, -0.2) is 4.39 Å². The molecule has 2 heterocycles. The molecule has 1 aromatic carbocycles. The van der Waals surface area contributed by atoms with Gasteiger partial charge in [-0.3, -0.25) is 9.36 Å². The number of nitrogens with one attached hydrogen (secondary N) is 2. The number of aryl methyl sites for hydroxylation is 1. The molecule has 3 rings (SSSR count). The smallest absolute Gasteiger partial charge is 0.175 e. The Morgan fingerprint density at radius 2 is 1.92 bits per heavy atom. The lowest BCUT2D eigenvalue weighted by Crippen LogP contribution is -2.19. The van der Waals surface area contributed by atoms with Crippen molar-refractivity contribution >= 4 is 28.7 Å². The lowest BCUT2D eigenvalue weighted by molar-refractivity contribution is 0.624. The minimum Gasteiger partial charge on any atom is -0.330 e. The fourth-order valence-electron chi connectivity index (χ4n) is 2.46. The monoisotopic (exact) mass is 358 g/mol. The Morgan fingerprint density at radius 1 is 1.16 bits per heavy atom. The molecule has 8 heteroatoms. The van der Waals surface area contributed by atoms with Crippen LogP contribution in [0.15, 0.2) is 42.9 Å². The van der Waals surface area contributed by atoms with Gasteiger partial charge in [-0.2, -0.15) is 10.2 Å². The summed E-state index contributed by atoms with van der Waals surface area (Å²) in [5, 5.41) is 15.3. The van der Waals surface area contributed by atoms with Crippen LogP contribution in [0.1, 0.15) is 18.2 Å². The third kappa shape index (κ3) is 4.21. The van der Waals surface area contributed by atoms with Gasteiger partial charge in [0.15, 0.2) is 5.11 Å². The maximum atomic E-state index is 12.9. The molecule has 0 aliphatic heterocycles. The van der Waals surface area contributed by atoms with Crippen molar-refractivity contribution in [3.05, 3.63) is 59.9 Å². The molecular weight excluding hydrogens is 339 g/mol. The maximum absolute atomic E-state index is 12.9. The number of anilines is 2. The largest absolute Gasteiger partial charge is 0.330 e. The highest BCUT2D eigenvalue weighted by atomic mass is 32.1. The van der Waals surface area contributed by atoms with E-state index >= 15 is 0 Å². The van der Waals surface area contributed by atoms with E-state index in [1.807, 2.05) is 24.7 Å². The van der Waals surface area contributed by atoms with Crippen molar-refractivity contribution in [2.24, 2.45) is 0 Å². The molecule has 3 aromatic rings. The molecule has 0 amide bonds. The van der Waals surface area contributed by atoms with Crippen molar-refractivity contribution in [3.63, 3.8) is 0 Å². The Labute approximate surface area is 150 Å². The molecule has 2 aromatic heterocycles. The molecule has 0 saturated heterocycles. The number of aromatic nitrogens is 4. The predicted octanol–water partition coefficient (Wildman–Crippen LogP) is 3.40. The van der Waals surface area contributed by atoms with E-state index in [4.69, 9.17) is 12.2 Å². The molecule has 0 aliphatic rings. The van der Waals surface area contributed by atoms with Gasteiger partial charge in [0, 0.05) is 12.7 Å². The second kappa shape index (κ2) is 7.43. The van der Waals surface area contributed by atoms with Crippen molar-refractivity contribution in [2.45, 2.75) is 26.9 Å². The SMILES string of the molecule is CCn1ncc(NC(=S)Nc2cnn(Cc3ccc(F)cc3)c2)c1C. The first kappa shape index (κ1) is 17.1. The van der Waals surface area contributed by atoms with Crippen LogP contribution in [0.4, 0.5) is 15.8 Å². The number of hydrogen-bond donors (Lipinski definition) is 2. The Balaban J connectivity index is 1.59. The van der Waals surface area contributed by atoms with Gasteiger partial charge >= 0.3 is 0 Å². The highest BCUT2D eigenvalue weighted by Gasteiger charge is 2.08. The van der Waals surface area contributed by atoms with Gasteiger partial charge in [0.1, 0.15) is 5.82 Å². The Morgan fingerprint density at radius 3 is 2.60 bits per heavy atom. The van der Waals surface area contributed by atoms with Crippen LogP contribution in [0.3, 0.4) is 0 Å². The normalized spacial score (nSPS) is 10.7. The molecule has 0 saturated carbocycles. The summed E-state index contributed by atoms with van der Waals surface area (Å²) in [6.07, 6.45) is 5.30. The number of halogens is 1. The van der Waals surface area contributed by atoms with Gasteiger partial charge < -0.3 is 10.6 Å². The number of benzene rings is 1. The molecule has 0 unspecified atom stereocenters. The van der Waals surface area contributed by atoms with Gasteiger partial charge in [-0.05, 0) is 43.8 Å². The average Bonchev–Trinajstić information content (AvgIpc) is 3.17. The van der Waals surface area contributed by atoms with Crippen molar-refractivity contribution < 1.29 is 4.39 Å². The van der Waals surface area contributed by atoms with E-state index in [1.54, 1.807) is 29.2 Å². The van der Waals surface area contributed by atoms with Gasteiger partial charge in [-0.15, -0.1) is 0 Å². The fraction of sp³-hybridized carbons (Fsp3) is 0.235. The molecule has 0 atom stereocenters. The summed E-state index contributed by atoms with van der Waals surface area (Å²) in [4.78, 5) is 0. The van der Waals surface area contributed by atoms with Crippen LogP contribution in [-0.4, -0.2) is 24.7 Å². The zero-order valence-corrected chi connectivity index (χ0v) is 14.8. The summed E-state index contributed by atoms with van der Waals surface area (Å²) >= 11 is 5.34. The summed E-state index contributed by atoms with van der Waals surface area (Å²) in [6, 6.07) is 6.36. The Kier molecular flexibility index (Phi) is 5.08. The number of hydrogen-bond acceptors (Lipinski definition) is 3. The summed E-state index contributed by atoms with van der Waals surface area (Å²) in [7, 11) is 0. The standard InChI is InChI=1S/C17H19FN6S/c1-3-24-12(2)16(9-20-24)22-17(25)21-15-8-19-23(11-15)10-13-4-6-14(18)7-5-13/h4-9,11H,3,10H2,1-2H3,(H2,21,22,25). The molecule has 6 nitrogen and oxygen atoms in total. The molecule has 0 aliphatic carbocycles. The highest BCUT2D eigenvalue weighted by Crippen LogP contribution is 2.15. The number of nitrogens with zero attached hydrogens (tertiary/aromatic N) is 4. The summed E-state index contributed by atoms with van der Waals surface area (Å²) < 4.78 is 16.6. The summed E-state index contributed by atoms with van der Waals surface area (Å²) in [5.41, 5.74) is 3.65. The third-order valence-corrected chi connectivity index (χ3v) is 4.00.